The zero-order valence-corrected chi connectivity index (χ0v) is 14.2. The molecule has 10 heteroatoms. The van der Waals surface area contributed by atoms with Gasteiger partial charge in [0.1, 0.15) is 12.2 Å². The molecule has 0 aliphatic carbocycles. The van der Waals surface area contributed by atoms with Crippen LogP contribution in [-0.4, -0.2) is 25.7 Å². The summed E-state index contributed by atoms with van der Waals surface area (Å²) in [4.78, 5) is 18.3. The highest BCUT2D eigenvalue weighted by molar-refractivity contribution is 5.74. The first kappa shape index (κ1) is 18.4. The molecule has 0 aliphatic heterocycles. The first-order chi connectivity index (χ1) is 12.7. The van der Waals surface area contributed by atoms with E-state index in [0.717, 1.165) is 29.0 Å². The van der Waals surface area contributed by atoms with E-state index >= 15 is 0 Å². The van der Waals surface area contributed by atoms with Gasteiger partial charge in [0, 0.05) is 23.6 Å². The van der Waals surface area contributed by atoms with Gasteiger partial charge in [-0.1, -0.05) is 6.07 Å². The second-order valence-corrected chi connectivity index (χ2v) is 5.87. The molecule has 0 saturated heterocycles. The SMILES string of the molecule is Cc1cc(Nc2nccc(C(F)(F)F)n2)cc(-c2cnn(CC(N)=O)c2)c1. The largest absolute Gasteiger partial charge is 0.433 e. The van der Waals surface area contributed by atoms with E-state index in [2.05, 4.69) is 20.4 Å². The summed E-state index contributed by atoms with van der Waals surface area (Å²) < 4.78 is 39.8. The molecular weight excluding hydrogens is 361 g/mol. The van der Waals surface area contributed by atoms with Crippen molar-refractivity contribution in [2.75, 3.05) is 5.32 Å². The summed E-state index contributed by atoms with van der Waals surface area (Å²) in [6.45, 7) is 1.80. The molecule has 0 saturated carbocycles. The van der Waals surface area contributed by atoms with Crippen LogP contribution in [0, 0.1) is 6.92 Å². The standard InChI is InChI=1S/C17H15F3N6O/c1-10-4-11(12-7-23-26(8-12)9-15(21)27)6-13(5-10)24-16-22-3-2-14(25-16)17(18,19)20/h2-8H,9H2,1H3,(H2,21,27)(H,22,24,25). The van der Waals surface area contributed by atoms with Crippen molar-refractivity contribution in [1.82, 2.24) is 19.7 Å². The molecular formula is C17H15F3N6O. The Bertz CT molecular complexity index is 983. The minimum Gasteiger partial charge on any atom is -0.368 e. The number of hydrogen-bond donors (Lipinski definition) is 2. The van der Waals surface area contributed by atoms with Crippen LogP contribution < -0.4 is 11.1 Å². The minimum atomic E-state index is -4.55. The summed E-state index contributed by atoms with van der Waals surface area (Å²) in [5.74, 6) is -0.677. The fraction of sp³-hybridized carbons (Fsp3) is 0.176. The van der Waals surface area contributed by atoms with E-state index in [1.807, 2.05) is 13.0 Å². The molecule has 1 aromatic carbocycles. The van der Waals surface area contributed by atoms with Crippen LogP contribution in [0.1, 0.15) is 11.3 Å². The number of alkyl halides is 3. The van der Waals surface area contributed by atoms with Gasteiger partial charge in [0.15, 0.2) is 0 Å². The van der Waals surface area contributed by atoms with Crippen molar-refractivity contribution < 1.29 is 18.0 Å². The molecule has 3 aromatic rings. The number of aryl methyl sites for hydroxylation is 1. The quantitative estimate of drug-likeness (QED) is 0.713. The Kier molecular flexibility index (Phi) is 4.80. The van der Waals surface area contributed by atoms with Gasteiger partial charge in [-0.25, -0.2) is 9.97 Å². The Hall–Kier alpha value is -3.43. The van der Waals surface area contributed by atoms with Gasteiger partial charge in [-0.15, -0.1) is 0 Å². The summed E-state index contributed by atoms with van der Waals surface area (Å²) in [5.41, 5.74) is 7.00. The van der Waals surface area contributed by atoms with Gasteiger partial charge in [0.2, 0.25) is 11.9 Å². The van der Waals surface area contributed by atoms with E-state index in [1.165, 1.54) is 4.68 Å². The number of nitrogens with two attached hydrogens (primary N) is 1. The summed E-state index contributed by atoms with van der Waals surface area (Å²) in [7, 11) is 0. The molecule has 0 bridgehead atoms. The first-order valence-corrected chi connectivity index (χ1v) is 7.81. The molecule has 3 N–H and O–H groups in total. The number of rotatable bonds is 5. The first-order valence-electron chi connectivity index (χ1n) is 7.81. The highest BCUT2D eigenvalue weighted by Gasteiger charge is 2.32. The Balaban J connectivity index is 1.88. The van der Waals surface area contributed by atoms with Crippen molar-refractivity contribution >= 4 is 17.5 Å². The third-order valence-corrected chi connectivity index (χ3v) is 3.56. The summed E-state index contributed by atoms with van der Waals surface area (Å²) >= 11 is 0. The maximum absolute atomic E-state index is 12.8. The second kappa shape index (κ2) is 7.06. The lowest BCUT2D eigenvalue weighted by Gasteiger charge is -2.10. The van der Waals surface area contributed by atoms with E-state index in [0.29, 0.717) is 5.69 Å². The highest BCUT2D eigenvalue weighted by atomic mass is 19.4. The van der Waals surface area contributed by atoms with Crippen molar-refractivity contribution in [3.8, 4) is 11.1 Å². The Morgan fingerprint density at radius 3 is 2.74 bits per heavy atom. The lowest BCUT2D eigenvalue weighted by molar-refractivity contribution is -0.141. The predicted molar refractivity (Wildman–Crippen MR) is 91.9 cm³/mol. The van der Waals surface area contributed by atoms with E-state index in [1.54, 1.807) is 24.5 Å². The van der Waals surface area contributed by atoms with Gasteiger partial charge in [-0.05, 0) is 36.2 Å². The van der Waals surface area contributed by atoms with Gasteiger partial charge in [-0.2, -0.15) is 18.3 Å². The molecule has 0 spiro atoms. The van der Waals surface area contributed by atoms with Crippen molar-refractivity contribution in [1.29, 1.82) is 0 Å². The number of carbonyl (C=O) groups is 1. The van der Waals surface area contributed by atoms with E-state index < -0.39 is 17.8 Å². The van der Waals surface area contributed by atoms with Crippen LogP contribution in [-0.2, 0) is 17.5 Å². The second-order valence-electron chi connectivity index (χ2n) is 5.87. The Labute approximate surface area is 152 Å². The molecule has 2 aromatic heterocycles. The van der Waals surface area contributed by atoms with Crippen LogP contribution in [0.4, 0.5) is 24.8 Å². The number of benzene rings is 1. The summed E-state index contributed by atoms with van der Waals surface area (Å²) in [5, 5.41) is 6.84. The van der Waals surface area contributed by atoms with Crippen molar-refractivity contribution in [3.63, 3.8) is 0 Å². The van der Waals surface area contributed by atoms with Gasteiger partial charge >= 0.3 is 6.18 Å². The lowest BCUT2D eigenvalue weighted by atomic mass is 10.1. The predicted octanol–water partition coefficient (Wildman–Crippen LogP) is 2.90. The van der Waals surface area contributed by atoms with Gasteiger partial charge in [0.05, 0.1) is 6.20 Å². The van der Waals surface area contributed by atoms with Crippen LogP contribution in [0.3, 0.4) is 0 Å². The van der Waals surface area contributed by atoms with Crippen LogP contribution in [0.25, 0.3) is 11.1 Å². The van der Waals surface area contributed by atoms with Crippen molar-refractivity contribution in [2.45, 2.75) is 19.6 Å². The maximum Gasteiger partial charge on any atom is 0.433 e. The average molecular weight is 376 g/mol. The molecule has 0 unspecified atom stereocenters. The number of primary amides is 1. The topological polar surface area (TPSA) is 98.7 Å². The summed E-state index contributed by atoms with van der Waals surface area (Å²) in [6.07, 6.45) is -0.277. The van der Waals surface area contributed by atoms with Crippen LogP contribution in [0.2, 0.25) is 0 Å². The number of carbonyl (C=O) groups excluding carboxylic acids is 1. The average Bonchev–Trinajstić information content (AvgIpc) is 3.01. The van der Waals surface area contributed by atoms with Crippen LogP contribution in [0.5, 0.6) is 0 Å². The molecule has 2 heterocycles. The Morgan fingerprint density at radius 1 is 1.26 bits per heavy atom. The molecule has 27 heavy (non-hydrogen) atoms. The molecule has 0 fully saturated rings. The molecule has 3 rings (SSSR count). The fourth-order valence-corrected chi connectivity index (χ4v) is 2.49. The number of hydrogen-bond acceptors (Lipinski definition) is 5. The van der Waals surface area contributed by atoms with Crippen LogP contribution in [0.15, 0.2) is 42.9 Å². The van der Waals surface area contributed by atoms with E-state index in [9.17, 15) is 18.0 Å². The molecule has 0 atom stereocenters. The molecule has 0 aliphatic rings. The number of halogens is 3. The number of nitrogens with one attached hydrogen (secondary N) is 1. The zero-order valence-electron chi connectivity index (χ0n) is 14.2. The number of anilines is 2. The van der Waals surface area contributed by atoms with Gasteiger partial charge in [0.25, 0.3) is 0 Å². The lowest BCUT2D eigenvalue weighted by Crippen LogP contribution is -2.18. The third-order valence-electron chi connectivity index (χ3n) is 3.56. The molecule has 0 radical (unpaired) electrons. The summed E-state index contributed by atoms with van der Waals surface area (Å²) in [6, 6.07) is 6.16. The zero-order chi connectivity index (χ0) is 19.6. The smallest absolute Gasteiger partial charge is 0.368 e. The molecule has 7 nitrogen and oxygen atoms in total. The van der Waals surface area contributed by atoms with E-state index in [4.69, 9.17) is 5.73 Å². The van der Waals surface area contributed by atoms with Gasteiger partial charge < -0.3 is 11.1 Å². The molecule has 140 valence electrons. The molecule has 1 amide bonds. The third kappa shape index (κ3) is 4.60. The van der Waals surface area contributed by atoms with Crippen molar-refractivity contribution in [3.05, 3.63) is 54.1 Å². The number of nitrogens with zero attached hydrogens (tertiary/aromatic N) is 4. The number of aromatic nitrogens is 4. The van der Waals surface area contributed by atoms with Crippen molar-refractivity contribution in [2.24, 2.45) is 5.73 Å². The monoisotopic (exact) mass is 376 g/mol. The maximum atomic E-state index is 12.8. The van der Waals surface area contributed by atoms with Gasteiger partial charge in [-0.3, -0.25) is 9.48 Å². The normalized spacial score (nSPS) is 11.4. The Morgan fingerprint density at radius 2 is 2.04 bits per heavy atom. The number of amides is 1. The minimum absolute atomic E-state index is 0.0466. The van der Waals surface area contributed by atoms with E-state index in [-0.39, 0.29) is 12.5 Å². The fourth-order valence-electron chi connectivity index (χ4n) is 2.49. The van der Waals surface area contributed by atoms with Crippen LogP contribution >= 0.6 is 0 Å². The highest BCUT2D eigenvalue weighted by Crippen LogP contribution is 2.29.